The van der Waals surface area contributed by atoms with Crippen molar-refractivity contribution in [2.45, 2.75) is 52.0 Å². The fraction of sp³-hybridized carbons (Fsp3) is 0.333. The predicted molar refractivity (Wildman–Crippen MR) is 122 cm³/mol. The van der Waals surface area contributed by atoms with Gasteiger partial charge in [0.15, 0.2) is 0 Å². The summed E-state index contributed by atoms with van der Waals surface area (Å²) in [7, 11) is 0. The number of rotatable bonds is 4. The lowest BCUT2D eigenvalue weighted by Gasteiger charge is -2.14. The summed E-state index contributed by atoms with van der Waals surface area (Å²) in [6.07, 6.45) is 3.24. The Balaban J connectivity index is 1.53. The first-order valence-corrected chi connectivity index (χ1v) is 10.7. The third-order valence-corrected chi connectivity index (χ3v) is 5.66. The summed E-state index contributed by atoms with van der Waals surface area (Å²) >= 11 is 6.19. The van der Waals surface area contributed by atoms with Crippen LogP contribution >= 0.6 is 11.6 Å². The van der Waals surface area contributed by atoms with E-state index in [1.165, 1.54) is 11.1 Å². The second kappa shape index (κ2) is 8.15. The van der Waals surface area contributed by atoms with Crippen molar-refractivity contribution < 1.29 is 4.79 Å². The molecule has 0 bridgehead atoms. The highest BCUT2D eigenvalue weighted by Crippen LogP contribution is 2.29. The Bertz CT molecular complexity index is 1080. The van der Waals surface area contributed by atoms with Gasteiger partial charge in [-0.2, -0.15) is 5.10 Å². The highest BCUT2D eigenvalue weighted by molar-refractivity contribution is 6.30. The zero-order valence-electron chi connectivity index (χ0n) is 17.6. The number of anilines is 1. The van der Waals surface area contributed by atoms with Crippen LogP contribution in [0.3, 0.4) is 0 Å². The van der Waals surface area contributed by atoms with Gasteiger partial charge in [-0.15, -0.1) is 0 Å². The Morgan fingerprint density at radius 1 is 1.13 bits per heavy atom. The number of nitrogens with zero attached hydrogens (tertiary/aromatic N) is 2. The van der Waals surface area contributed by atoms with Gasteiger partial charge in [-0.3, -0.25) is 0 Å². The van der Waals surface area contributed by atoms with Crippen LogP contribution in [-0.4, -0.2) is 15.8 Å². The molecule has 2 amide bonds. The summed E-state index contributed by atoms with van der Waals surface area (Å²) < 4.78 is 1.85. The maximum Gasteiger partial charge on any atom is 0.319 e. The molecule has 2 N–H and O–H groups in total. The number of fused-ring (bicyclic) bond motifs is 1. The monoisotopic (exact) mass is 422 g/mol. The lowest BCUT2D eigenvalue weighted by molar-refractivity contribution is 0.251. The number of urea groups is 1. The number of hydrogen-bond acceptors (Lipinski definition) is 2. The zero-order chi connectivity index (χ0) is 21.3. The molecule has 0 fully saturated rings. The summed E-state index contributed by atoms with van der Waals surface area (Å²) in [5.41, 5.74) is 6.12. The van der Waals surface area contributed by atoms with E-state index in [0.717, 1.165) is 42.0 Å². The number of aromatic nitrogens is 2. The molecule has 2 aromatic carbocycles. The first-order valence-electron chi connectivity index (χ1n) is 10.3. The fourth-order valence-corrected chi connectivity index (χ4v) is 4.00. The van der Waals surface area contributed by atoms with Crippen LogP contribution in [0.4, 0.5) is 10.5 Å². The molecule has 0 saturated carbocycles. The van der Waals surface area contributed by atoms with Crippen LogP contribution in [0.15, 0.2) is 48.5 Å². The van der Waals surface area contributed by atoms with Crippen LogP contribution in [0, 0.1) is 0 Å². The molecule has 4 rings (SSSR count). The van der Waals surface area contributed by atoms with Crippen LogP contribution in [0.5, 0.6) is 0 Å². The number of carbonyl (C=O) groups excluding carboxylic acids is 1. The third-order valence-electron chi connectivity index (χ3n) is 5.43. The van der Waals surface area contributed by atoms with Gasteiger partial charge in [-0.25, -0.2) is 9.48 Å². The number of hydrogen-bond donors (Lipinski definition) is 2. The van der Waals surface area contributed by atoms with E-state index in [2.05, 4.69) is 37.5 Å². The van der Waals surface area contributed by atoms with Gasteiger partial charge < -0.3 is 10.6 Å². The fourth-order valence-electron chi connectivity index (χ4n) is 3.82. The third kappa shape index (κ3) is 4.36. The molecule has 1 aliphatic rings. The van der Waals surface area contributed by atoms with Crippen molar-refractivity contribution in [1.29, 1.82) is 0 Å². The molecular formula is C24H27ClN4O. The van der Waals surface area contributed by atoms with E-state index in [0.29, 0.717) is 11.6 Å². The van der Waals surface area contributed by atoms with E-state index >= 15 is 0 Å². The molecule has 0 spiro atoms. The minimum Gasteiger partial charge on any atom is -0.332 e. The van der Waals surface area contributed by atoms with Crippen LogP contribution in [-0.2, 0) is 24.8 Å². The quantitative estimate of drug-likeness (QED) is 0.572. The van der Waals surface area contributed by atoms with Crippen LogP contribution in [0.1, 0.15) is 49.7 Å². The van der Waals surface area contributed by atoms with E-state index in [9.17, 15) is 4.79 Å². The Labute approximate surface area is 182 Å². The first-order chi connectivity index (χ1) is 14.3. The van der Waals surface area contributed by atoms with Gasteiger partial charge in [-0.05, 0) is 60.7 Å². The highest BCUT2D eigenvalue weighted by Gasteiger charge is 2.21. The molecule has 0 unspecified atom stereocenters. The van der Waals surface area contributed by atoms with Gasteiger partial charge in [0.1, 0.15) is 0 Å². The van der Waals surface area contributed by atoms with Crippen molar-refractivity contribution >= 4 is 23.3 Å². The second-order valence-electron chi connectivity index (χ2n) is 8.77. The van der Waals surface area contributed by atoms with Crippen molar-refractivity contribution in [3.63, 3.8) is 0 Å². The van der Waals surface area contributed by atoms with Gasteiger partial charge in [0.2, 0.25) is 0 Å². The molecular weight excluding hydrogens is 396 g/mol. The van der Waals surface area contributed by atoms with E-state index < -0.39 is 0 Å². The van der Waals surface area contributed by atoms with Gasteiger partial charge in [0.25, 0.3) is 0 Å². The van der Waals surface area contributed by atoms with Crippen molar-refractivity contribution in [2.75, 3.05) is 5.32 Å². The molecule has 0 aliphatic heterocycles. The molecule has 30 heavy (non-hydrogen) atoms. The van der Waals surface area contributed by atoms with Gasteiger partial charge in [-0.1, -0.05) is 50.6 Å². The summed E-state index contributed by atoms with van der Waals surface area (Å²) in [6.45, 7) is 6.73. The number of aryl methyl sites for hydroxylation is 1. The maximum absolute atomic E-state index is 12.6. The summed E-state index contributed by atoms with van der Waals surface area (Å²) in [5.74, 6) is 0. The van der Waals surface area contributed by atoms with Crippen LogP contribution < -0.4 is 10.6 Å². The van der Waals surface area contributed by atoms with Gasteiger partial charge in [0.05, 0.1) is 23.6 Å². The average molecular weight is 423 g/mol. The standard InChI is InChI=1S/C24H27ClN4O/c1-24(2,3)22-14-19(29(28-22)18-10-6-9-17(25)13-18)15-26-23(30)27-21-12-5-8-16-7-4-11-20(16)21/h5-6,8-10,12-14H,4,7,11,15H2,1-3H3,(H2,26,27,30). The summed E-state index contributed by atoms with van der Waals surface area (Å²) in [4.78, 5) is 12.6. The summed E-state index contributed by atoms with van der Waals surface area (Å²) in [6, 6.07) is 15.5. The lowest BCUT2D eigenvalue weighted by atomic mass is 9.92. The van der Waals surface area contributed by atoms with Crippen LogP contribution in [0.2, 0.25) is 5.02 Å². The first kappa shape index (κ1) is 20.5. The highest BCUT2D eigenvalue weighted by atomic mass is 35.5. The van der Waals surface area contributed by atoms with Crippen molar-refractivity contribution in [1.82, 2.24) is 15.1 Å². The number of benzene rings is 2. The topological polar surface area (TPSA) is 59.0 Å². The zero-order valence-corrected chi connectivity index (χ0v) is 18.4. The SMILES string of the molecule is CC(C)(C)c1cc(CNC(=O)Nc2cccc3c2CCC3)n(-c2cccc(Cl)c2)n1. The Morgan fingerprint density at radius 2 is 1.93 bits per heavy atom. The number of carbonyl (C=O) groups is 1. The smallest absolute Gasteiger partial charge is 0.319 e. The largest absolute Gasteiger partial charge is 0.332 e. The minimum atomic E-state index is -0.216. The normalized spacial score (nSPS) is 13.2. The number of halogens is 1. The molecule has 3 aromatic rings. The van der Waals surface area contributed by atoms with E-state index in [-0.39, 0.29) is 11.4 Å². The molecule has 5 nitrogen and oxygen atoms in total. The Morgan fingerprint density at radius 3 is 2.70 bits per heavy atom. The molecule has 6 heteroatoms. The number of amides is 2. The lowest BCUT2D eigenvalue weighted by Crippen LogP contribution is -2.29. The van der Waals surface area contributed by atoms with Crippen LogP contribution in [0.25, 0.3) is 5.69 Å². The average Bonchev–Trinajstić information content (AvgIpc) is 3.34. The molecule has 0 saturated heterocycles. The molecule has 0 radical (unpaired) electrons. The van der Waals surface area contributed by atoms with Crippen molar-refractivity contribution in [3.05, 3.63) is 76.1 Å². The Kier molecular flexibility index (Phi) is 5.56. The summed E-state index contributed by atoms with van der Waals surface area (Å²) in [5, 5.41) is 11.4. The van der Waals surface area contributed by atoms with Crippen molar-refractivity contribution in [2.24, 2.45) is 0 Å². The molecule has 0 atom stereocenters. The van der Waals surface area contributed by atoms with Gasteiger partial charge >= 0.3 is 6.03 Å². The van der Waals surface area contributed by atoms with Gasteiger partial charge in [0, 0.05) is 16.1 Å². The Hall–Kier alpha value is -2.79. The van der Waals surface area contributed by atoms with E-state index in [1.807, 2.05) is 47.1 Å². The number of nitrogens with one attached hydrogen (secondary N) is 2. The van der Waals surface area contributed by atoms with E-state index in [4.69, 9.17) is 16.7 Å². The van der Waals surface area contributed by atoms with Crippen molar-refractivity contribution in [3.8, 4) is 5.69 Å². The second-order valence-corrected chi connectivity index (χ2v) is 9.20. The molecule has 1 aromatic heterocycles. The van der Waals surface area contributed by atoms with E-state index in [1.54, 1.807) is 0 Å². The minimum absolute atomic E-state index is 0.106. The molecule has 1 aliphatic carbocycles. The maximum atomic E-state index is 12.6. The predicted octanol–water partition coefficient (Wildman–Crippen LogP) is 5.63. The molecule has 1 heterocycles. The molecule has 156 valence electrons.